The van der Waals surface area contributed by atoms with Gasteiger partial charge in [-0.3, -0.25) is 0 Å². The monoisotopic (exact) mass is 289 g/mol. The SMILES string of the molecule is Nc1ccccc1-c1nnnn1-c1ccc(Cl)c(F)c1. The van der Waals surface area contributed by atoms with E-state index in [1.54, 1.807) is 18.2 Å². The molecule has 0 aliphatic rings. The molecule has 0 aliphatic carbocycles. The Labute approximate surface area is 118 Å². The van der Waals surface area contributed by atoms with Crippen molar-refractivity contribution < 1.29 is 4.39 Å². The van der Waals surface area contributed by atoms with Gasteiger partial charge in [-0.2, -0.15) is 4.68 Å². The van der Waals surface area contributed by atoms with Crippen LogP contribution in [0.5, 0.6) is 0 Å². The lowest BCUT2D eigenvalue weighted by Gasteiger charge is -2.07. The molecule has 0 unspecified atom stereocenters. The number of anilines is 1. The lowest BCUT2D eigenvalue weighted by Crippen LogP contribution is -2.02. The van der Waals surface area contributed by atoms with E-state index >= 15 is 0 Å². The fourth-order valence-corrected chi connectivity index (χ4v) is 1.96. The fourth-order valence-electron chi connectivity index (χ4n) is 1.85. The van der Waals surface area contributed by atoms with E-state index < -0.39 is 5.82 Å². The van der Waals surface area contributed by atoms with Crippen LogP contribution >= 0.6 is 11.6 Å². The first-order valence-corrected chi connectivity index (χ1v) is 6.13. The molecule has 0 radical (unpaired) electrons. The van der Waals surface area contributed by atoms with E-state index in [2.05, 4.69) is 15.5 Å². The van der Waals surface area contributed by atoms with Crippen LogP contribution in [0.3, 0.4) is 0 Å². The van der Waals surface area contributed by atoms with Gasteiger partial charge in [0.05, 0.1) is 10.7 Å². The zero-order valence-corrected chi connectivity index (χ0v) is 10.9. The average molecular weight is 290 g/mol. The molecular weight excluding hydrogens is 281 g/mol. The van der Waals surface area contributed by atoms with E-state index in [0.29, 0.717) is 22.8 Å². The van der Waals surface area contributed by atoms with Gasteiger partial charge in [0.2, 0.25) is 0 Å². The fraction of sp³-hybridized carbons (Fsp3) is 0. The highest BCUT2D eigenvalue weighted by Crippen LogP contribution is 2.26. The van der Waals surface area contributed by atoms with Crippen molar-refractivity contribution in [2.45, 2.75) is 0 Å². The highest BCUT2D eigenvalue weighted by molar-refractivity contribution is 6.30. The lowest BCUT2D eigenvalue weighted by molar-refractivity contribution is 0.625. The maximum Gasteiger partial charge on any atom is 0.189 e. The number of hydrogen-bond donors (Lipinski definition) is 1. The maximum atomic E-state index is 13.5. The summed E-state index contributed by atoms with van der Waals surface area (Å²) < 4.78 is 15.0. The molecule has 0 atom stereocenters. The second-order valence-electron chi connectivity index (χ2n) is 4.10. The summed E-state index contributed by atoms with van der Waals surface area (Å²) in [6.07, 6.45) is 0. The quantitative estimate of drug-likeness (QED) is 0.736. The molecule has 20 heavy (non-hydrogen) atoms. The Morgan fingerprint density at radius 3 is 2.70 bits per heavy atom. The summed E-state index contributed by atoms with van der Waals surface area (Å²) in [6, 6.07) is 11.5. The molecule has 0 bridgehead atoms. The third-order valence-corrected chi connectivity index (χ3v) is 3.13. The molecule has 0 saturated heterocycles. The van der Waals surface area contributed by atoms with Crippen LogP contribution in [0.4, 0.5) is 10.1 Å². The number of hydrogen-bond acceptors (Lipinski definition) is 4. The number of nitrogens with two attached hydrogens (primary N) is 1. The summed E-state index contributed by atoms with van der Waals surface area (Å²) in [6.45, 7) is 0. The van der Waals surface area contributed by atoms with Gasteiger partial charge in [0.15, 0.2) is 5.82 Å². The van der Waals surface area contributed by atoms with E-state index in [9.17, 15) is 4.39 Å². The molecule has 2 N–H and O–H groups in total. The number of aromatic nitrogens is 4. The molecule has 0 fully saturated rings. The van der Waals surface area contributed by atoms with Gasteiger partial charge >= 0.3 is 0 Å². The molecule has 2 aromatic carbocycles. The molecule has 1 heterocycles. The zero-order valence-electron chi connectivity index (χ0n) is 10.2. The normalized spacial score (nSPS) is 10.7. The van der Waals surface area contributed by atoms with Crippen LogP contribution in [-0.4, -0.2) is 20.2 Å². The van der Waals surface area contributed by atoms with Crippen molar-refractivity contribution in [3.8, 4) is 17.1 Å². The van der Waals surface area contributed by atoms with Gasteiger partial charge in [0.1, 0.15) is 5.82 Å². The van der Waals surface area contributed by atoms with E-state index in [1.165, 1.54) is 16.8 Å². The van der Waals surface area contributed by atoms with E-state index in [0.717, 1.165) is 0 Å². The molecule has 100 valence electrons. The summed E-state index contributed by atoms with van der Waals surface area (Å²) in [7, 11) is 0. The predicted octanol–water partition coefficient (Wildman–Crippen LogP) is 2.70. The highest BCUT2D eigenvalue weighted by Gasteiger charge is 2.14. The van der Waals surface area contributed by atoms with Crippen LogP contribution in [0.25, 0.3) is 17.1 Å². The third-order valence-electron chi connectivity index (χ3n) is 2.82. The number of rotatable bonds is 2. The predicted molar refractivity (Wildman–Crippen MR) is 74.0 cm³/mol. The molecule has 0 spiro atoms. The Balaban J connectivity index is 2.15. The number of nitrogens with zero attached hydrogens (tertiary/aromatic N) is 4. The van der Waals surface area contributed by atoms with Crippen LogP contribution in [0.2, 0.25) is 5.02 Å². The van der Waals surface area contributed by atoms with E-state index in [1.807, 2.05) is 12.1 Å². The van der Waals surface area contributed by atoms with Gasteiger partial charge < -0.3 is 5.73 Å². The average Bonchev–Trinajstić information content (AvgIpc) is 2.91. The summed E-state index contributed by atoms with van der Waals surface area (Å²) in [5.41, 5.74) is 7.59. The summed E-state index contributed by atoms with van der Waals surface area (Å²) in [4.78, 5) is 0. The minimum Gasteiger partial charge on any atom is -0.398 e. The molecular formula is C13H9ClFN5. The number of nitrogen functional groups attached to an aromatic ring is 1. The largest absolute Gasteiger partial charge is 0.398 e. The van der Waals surface area contributed by atoms with Crippen LogP contribution < -0.4 is 5.73 Å². The van der Waals surface area contributed by atoms with Crippen molar-refractivity contribution in [3.05, 3.63) is 53.3 Å². The highest BCUT2D eigenvalue weighted by atomic mass is 35.5. The van der Waals surface area contributed by atoms with Gasteiger partial charge in [0.25, 0.3) is 0 Å². The van der Waals surface area contributed by atoms with Gasteiger partial charge in [0, 0.05) is 17.3 Å². The zero-order chi connectivity index (χ0) is 14.1. The van der Waals surface area contributed by atoms with Crippen LogP contribution in [0.1, 0.15) is 0 Å². The van der Waals surface area contributed by atoms with Gasteiger partial charge in [-0.1, -0.05) is 23.7 Å². The Morgan fingerprint density at radius 1 is 1.15 bits per heavy atom. The van der Waals surface area contributed by atoms with E-state index in [-0.39, 0.29) is 5.02 Å². The number of benzene rings is 2. The molecule has 5 nitrogen and oxygen atoms in total. The van der Waals surface area contributed by atoms with Gasteiger partial charge in [-0.05, 0) is 34.7 Å². The van der Waals surface area contributed by atoms with Crippen molar-refractivity contribution in [3.63, 3.8) is 0 Å². The molecule has 1 aromatic heterocycles. The summed E-state index contributed by atoms with van der Waals surface area (Å²) in [5, 5.41) is 11.5. The smallest absolute Gasteiger partial charge is 0.189 e. The van der Waals surface area contributed by atoms with Crippen LogP contribution in [-0.2, 0) is 0 Å². The van der Waals surface area contributed by atoms with Gasteiger partial charge in [-0.25, -0.2) is 4.39 Å². The second-order valence-corrected chi connectivity index (χ2v) is 4.51. The van der Waals surface area contributed by atoms with Crippen molar-refractivity contribution in [1.29, 1.82) is 0 Å². The number of halogens is 2. The molecule has 0 aliphatic heterocycles. The van der Waals surface area contributed by atoms with Crippen LogP contribution in [0, 0.1) is 5.82 Å². The maximum absolute atomic E-state index is 13.5. The van der Waals surface area contributed by atoms with Crippen LogP contribution in [0.15, 0.2) is 42.5 Å². The molecule has 0 saturated carbocycles. The molecule has 3 aromatic rings. The van der Waals surface area contributed by atoms with Gasteiger partial charge in [-0.15, -0.1) is 5.10 Å². The second kappa shape index (κ2) is 4.90. The Morgan fingerprint density at radius 2 is 1.95 bits per heavy atom. The molecule has 0 amide bonds. The van der Waals surface area contributed by atoms with Crippen molar-refractivity contribution >= 4 is 17.3 Å². The number of para-hydroxylation sites is 1. The Kier molecular flexibility index (Phi) is 3.08. The standard InChI is InChI=1S/C13H9ClFN5/c14-10-6-5-8(7-11(10)15)20-13(17-18-19-20)9-3-1-2-4-12(9)16/h1-7H,16H2. The van der Waals surface area contributed by atoms with Crippen molar-refractivity contribution in [2.24, 2.45) is 0 Å². The minimum atomic E-state index is -0.536. The number of tetrazole rings is 1. The lowest BCUT2D eigenvalue weighted by atomic mass is 10.1. The first-order chi connectivity index (χ1) is 9.66. The van der Waals surface area contributed by atoms with Crippen molar-refractivity contribution in [1.82, 2.24) is 20.2 Å². The van der Waals surface area contributed by atoms with Crippen molar-refractivity contribution in [2.75, 3.05) is 5.73 Å². The first-order valence-electron chi connectivity index (χ1n) is 5.75. The Bertz CT molecular complexity index is 771. The Hall–Kier alpha value is -2.47. The summed E-state index contributed by atoms with van der Waals surface area (Å²) in [5.74, 6) is -0.100. The first kappa shape index (κ1) is 12.6. The molecule has 3 rings (SSSR count). The summed E-state index contributed by atoms with van der Waals surface area (Å²) >= 11 is 5.67. The topological polar surface area (TPSA) is 69.6 Å². The third kappa shape index (κ3) is 2.10. The minimum absolute atomic E-state index is 0.0441. The van der Waals surface area contributed by atoms with E-state index in [4.69, 9.17) is 17.3 Å². The molecule has 7 heteroatoms.